The predicted molar refractivity (Wildman–Crippen MR) is 189 cm³/mol. The molecule has 4 nitrogen and oxygen atoms in total. The molecule has 0 rings (SSSR count). The highest BCUT2D eigenvalue weighted by Gasteiger charge is 1.98. The summed E-state index contributed by atoms with van der Waals surface area (Å²) in [6.45, 7) is 4.54. The third-order valence-corrected chi connectivity index (χ3v) is 7.99. The Hall–Kier alpha value is -0.480. The number of aliphatic carboxylic acids is 2. The van der Waals surface area contributed by atoms with E-state index in [1.54, 1.807) is 0 Å². The second-order valence-electron chi connectivity index (χ2n) is 12.2. The van der Waals surface area contributed by atoms with Gasteiger partial charge < -0.3 is 10.2 Å². The fourth-order valence-corrected chi connectivity index (χ4v) is 5.30. The molecule has 2 N–H and O–H groups in total. The molecule has 0 radical (unpaired) electrons. The van der Waals surface area contributed by atoms with Crippen molar-refractivity contribution in [2.45, 2.75) is 219 Å². The number of carboxylic acids is 2. The SMILES string of the molecule is CCCCCCCCCCCCCCCCCC(=O)O.CCCCCCCCCCCCCCCCCC(=O)O.Cl.Cl. The molecule has 0 aromatic carbocycles. The Bertz CT molecular complexity index is 459. The lowest BCUT2D eigenvalue weighted by Gasteiger charge is -2.03. The third kappa shape index (κ3) is 52.2. The van der Waals surface area contributed by atoms with Crippen LogP contribution in [-0.4, -0.2) is 22.2 Å². The lowest BCUT2D eigenvalue weighted by atomic mass is 10.0. The van der Waals surface area contributed by atoms with Gasteiger partial charge in [0.25, 0.3) is 0 Å². The van der Waals surface area contributed by atoms with Crippen molar-refractivity contribution >= 4 is 36.8 Å². The summed E-state index contributed by atoms with van der Waals surface area (Å²) in [6, 6.07) is 0. The maximum Gasteiger partial charge on any atom is 0.303 e. The van der Waals surface area contributed by atoms with E-state index in [1.807, 2.05) is 0 Å². The van der Waals surface area contributed by atoms with Gasteiger partial charge in [-0.25, -0.2) is 0 Å². The first-order valence-corrected chi connectivity index (χ1v) is 18.0. The lowest BCUT2D eigenvalue weighted by Crippen LogP contribution is -1.93. The van der Waals surface area contributed by atoms with Crippen LogP contribution in [0, 0.1) is 0 Å². The minimum atomic E-state index is -0.653. The fraction of sp³-hybridized carbons (Fsp3) is 0.944. The van der Waals surface area contributed by atoms with Crippen LogP contribution in [0.2, 0.25) is 0 Å². The number of rotatable bonds is 32. The van der Waals surface area contributed by atoms with Gasteiger partial charge in [-0.1, -0.05) is 194 Å². The van der Waals surface area contributed by atoms with E-state index >= 15 is 0 Å². The number of halogens is 2. The third-order valence-electron chi connectivity index (χ3n) is 7.99. The maximum absolute atomic E-state index is 10.3. The van der Waals surface area contributed by atoms with Crippen molar-refractivity contribution < 1.29 is 19.8 Å². The molecule has 0 atom stereocenters. The zero-order chi connectivity index (χ0) is 29.8. The zero-order valence-corrected chi connectivity index (χ0v) is 29.8. The first kappa shape index (κ1) is 48.4. The van der Waals surface area contributed by atoms with Gasteiger partial charge in [0.2, 0.25) is 0 Å². The molecule has 0 amide bonds. The van der Waals surface area contributed by atoms with Gasteiger partial charge in [-0.2, -0.15) is 0 Å². The molecule has 256 valence electrons. The molecule has 0 saturated carbocycles. The molecular weight excluding hydrogens is 567 g/mol. The Kier molecular flexibility index (Phi) is 51.8. The summed E-state index contributed by atoms with van der Waals surface area (Å²) in [5.74, 6) is -1.31. The van der Waals surface area contributed by atoms with E-state index in [-0.39, 0.29) is 24.8 Å². The van der Waals surface area contributed by atoms with Crippen LogP contribution in [0.4, 0.5) is 0 Å². The predicted octanol–water partition coefficient (Wildman–Crippen LogP) is 13.5. The fourth-order valence-electron chi connectivity index (χ4n) is 5.30. The summed E-state index contributed by atoms with van der Waals surface area (Å²) in [5, 5.41) is 17.0. The molecule has 0 spiro atoms. The highest BCUT2D eigenvalue weighted by Crippen LogP contribution is 2.15. The van der Waals surface area contributed by atoms with Crippen molar-refractivity contribution in [1.29, 1.82) is 0 Å². The van der Waals surface area contributed by atoms with E-state index in [1.165, 1.54) is 167 Å². The molecule has 0 fully saturated rings. The lowest BCUT2D eigenvalue weighted by molar-refractivity contribution is -0.138. The Balaban J connectivity index is -0.000000328. The maximum atomic E-state index is 10.3. The second-order valence-corrected chi connectivity index (χ2v) is 12.2. The molecule has 42 heavy (non-hydrogen) atoms. The smallest absolute Gasteiger partial charge is 0.303 e. The van der Waals surface area contributed by atoms with Gasteiger partial charge in [-0.05, 0) is 12.8 Å². The molecule has 0 heterocycles. The molecule has 0 aromatic rings. The number of hydrogen-bond donors (Lipinski definition) is 2. The highest BCUT2D eigenvalue weighted by atomic mass is 35.5. The Morgan fingerprint density at radius 2 is 0.452 bits per heavy atom. The van der Waals surface area contributed by atoms with E-state index in [0.717, 1.165) is 25.7 Å². The topological polar surface area (TPSA) is 74.6 Å². The quantitative estimate of drug-likeness (QED) is 0.0717. The van der Waals surface area contributed by atoms with Crippen LogP contribution in [0.25, 0.3) is 0 Å². The average Bonchev–Trinajstić information content (AvgIpc) is 2.93. The van der Waals surface area contributed by atoms with Crippen molar-refractivity contribution in [3.63, 3.8) is 0 Å². The first-order chi connectivity index (χ1) is 19.5. The molecule has 0 aromatic heterocycles. The summed E-state index contributed by atoms with van der Waals surface area (Å²) in [4.78, 5) is 20.7. The van der Waals surface area contributed by atoms with Crippen LogP contribution >= 0.6 is 24.8 Å². The van der Waals surface area contributed by atoms with Crippen molar-refractivity contribution in [1.82, 2.24) is 0 Å². The molecule has 6 heteroatoms. The Morgan fingerprint density at radius 3 is 0.595 bits per heavy atom. The minimum absolute atomic E-state index is 0. The van der Waals surface area contributed by atoms with Crippen LogP contribution in [-0.2, 0) is 9.59 Å². The minimum Gasteiger partial charge on any atom is -0.481 e. The van der Waals surface area contributed by atoms with Crippen molar-refractivity contribution in [2.24, 2.45) is 0 Å². The summed E-state index contributed by atoms with van der Waals surface area (Å²) >= 11 is 0. The van der Waals surface area contributed by atoms with Gasteiger partial charge in [0.15, 0.2) is 0 Å². The summed E-state index contributed by atoms with van der Waals surface area (Å²) in [7, 11) is 0. The van der Waals surface area contributed by atoms with Gasteiger partial charge in [0.05, 0.1) is 0 Å². The standard InChI is InChI=1S/2C18H36O2.2ClH/c2*1-2-3-4-5-6-7-8-9-10-11-12-13-14-15-16-17-18(19)20;;/h2*2-17H2,1H3,(H,19,20);2*1H. The molecule has 0 unspecified atom stereocenters. The molecule has 0 aliphatic carbocycles. The van der Waals surface area contributed by atoms with Gasteiger partial charge in [0.1, 0.15) is 0 Å². The largest absolute Gasteiger partial charge is 0.481 e. The molecule has 0 bridgehead atoms. The monoisotopic (exact) mass is 640 g/mol. The first-order valence-electron chi connectivity index (χ1n) is 18.0. The summed E-state index contributed by atoms with van der Waals surface area (Å²) in [6.07, 6.45) is 40.4. The Labute approximate surface area is 275 Å². The number of carboxylic acid groups (broad SMARTS) is 2. The molecule has 0 aliphatic rings. The van der Waals surface area contributed by atoms with E-state index in [2.05, 4.69) is 13.8 Å². The average molecular weight is 642 g/mol. The van der Waals surface area contributed by atoms with Crippen LogP contribution < -0.4 is 0 Å². The molecule has 0 aliphatic heterocycles. The van der Waals surface area contributed by atoms with E-state index in [9.17, 15) is 9.59 Å². The number of carbonyl (C=O) groups is 2. The molecule has 0 saturated heterocycles. The van der Waals surface area contributed by atoms with Crippen molar-refractivity contribution in [2.75, 3.05) is 0 Å². The van der Waals surface area contributed by atoms with Crippen LogP contribution in [0.15, 0.2) is 0 Å². The van der Waals surface area contributed by atoms with Gasteiger partial charge in [0, 0.05) is 12.8 Å². The summed E-state index contributed by atoms with van der Waals surface area (Å²) < 4.78 is 0. The van der Waals surface area contributed by atoms with Crippen LogP contribution in [0.1, 0.15) is 219 Å². The summed E-state index contributed by atoms with van der Waals surface area (Å²) in [5.41, 5.74) is 0. The van der Waals surface area contributed by atoms with Crippen molar-refractivity contribution in [3.05, 3.63) is 0 Å². The second kappa shape index (κ2) is 45.0. The van der Waals surface area contributed by atoms with Gasteiger partial charge in [-0.15, -0.1) is 24.8 Å². The van der Waals surface area contributed by atoms with Crippen LogP contribution in [0.3, 0.4) is 0 Å². The van der Waals surface area contributed by atoms with E-state index < -0.39 is 11.9 Å². The molecular formula is C36H74Cl2O4. The van der Waals surface area contributed by atoms with Gasteiger partial charge in [-0.3, -0.25) is 9.59 Å². The number of unbranched alkanes of at least 4 members (excludes halogenated alkanes) is 28. The Morgan fingerprint density at radius 1 is 0.310 bits per heavy atom. The van der Waals surface area contributed by atoms with E-state index in [0.29, 0.717) is 12.8 Å². The zero-order valence-electron chi connectivity index (χ0n) is 28.2. The van der Waals surface area contributed by atoms with E-state index in [4.69, 9.17) is 10.2 Å². The number of hydrogen-bond acceptors (Lipinski definition) is 2. The normalized spacial score (nSPS) is 10.3. The van der Waals surface area contributed by atoms with Gasteiger partial charge >= 0.3 is 11.9 Å². The highest BCUT2D eigenvalue weighted by molar-refractivity contribution is 5.85. The van der Waals surface area contributed by atoms with Crippen LogP contribution in [0.5, 0.6) is 0 Å². The van der Waals surface area contributed by atoms with Crippen molar-refractivity contribution in [3.8, 4) is 0 Å².